The summed E-state index contributed by atoms with van der Waals surface area (Å²) in [5.74, 6) is 4.37. The highest BCUT2D eigenvalue weighted by Crippen LogP contribution is 2.50. The smallest absolute Gasteiger partial charge is 0.226 e. The Morgan fingerprint density at radius 3 is 1.29 bits per heavy atom. The Labute approximate surface area is 144 Å². The average molecular weight is 330 g/mol. The van der Waals surface area contributed by atoms with Crippen molar-refractivity contribution in [2.75, 3.05) is 26.2 Å². The second-order valence-corrected chi connectivity index (χ2v) is 9.21. The standard InChI is InChI=1S/C20H30N2O2/c23-19(17-11-13-1-3-15(17)9-13)21-5-7-22(8-6-21)20(24)18-12-14-2-4-16(18)10-14/h13-18H,1-12H2/t13-,14+,15-,16-,17-,18-/m1/s1. The van der Waals surface area contributed by atoms with Crippen LogP contribution in [0.3, 0.4) is 0 Å². The average Bonchev–Trinajstić information content (AvgIpc) is 3.41. The lowest BCUT2D eigenvalue weighted by molar-refractivity contribution is -0.145. The summed E-state index contributed by atoms with van der Waals surface area (Å²) in [6, 6.07) is 0. The minimum atomic E-state index is 0.302. The number of hydrogen-bond donors (Lipinski definition) is 0. The first kappa shape index (κ1) is 15.2. The molecule has 132 valence electrons. The van der Waals surface area contributed by atoms with E-state index in [1.54, 1.807) is 0 Å². The number of amides is 2. The van der Waals surface area contributed by atoms with Crippen LogP contribution in [0, 0.1) is 35.5 Å². The summed E-state index contributed by atoms with van der Waals surface area (Å²) in [6.07, 6.45) is 10.1. The molecule has 1 saturated heterocycles. The van der Waals surface area contributed by atoms with Gasteiger partial charge in [0.25, 0.3) is 0 Å². The van der Waals surface area contributed by atoms with E-state index in [0.717, 1.165) is 50.9 Å². The topological polar surface area (TPSA) is 40.6 Å². The fourth-order valence-corrected chi connectivity index (χ4v) is 6.71. The molecule has 1 aliphatic heterocycles. The van der Waals surface area contributed by atoms with Crippen molar-refractivity contribution in [3.63, 3.8) is 0 Å². The van der Waals surface area contributed by atoms with Gasteiger partial charge >= 0.3 is 0 Å². The molecule has 5 fully saturated rings. The van der Waals surface area contributed by atoms with E-state index in [1.807, 2.05) is 0 Å². The maximum absolute atomic E-state index is 12.8. The van der Waals surface area contributed by atoms with Crippen LogP contribution in [-0.2, 0) is 9.59 Å². The third-order valence-electron chi connectivity index (χ3n) is 8.01. The Morgan fingerprint density at radius 1 is 0.583 bits per heavy atom. The van der Waals surface area contributed by atoms with Gasteiger partial charge in [0.1, 0.15) is 0 Å². The summed E-state index contributed by atoms with van der Waals surface area (Å²) in [7, 11) is 0. The molecule has 5 aliphatic rings. The molecular weight excluding hydrogens is 300 g/mol. The molecule has 0 aromatic carbocycles. The van der Waals surface area contributed by atoms with Crippen molar-refractivity contribution in [1.29, 1.82) is 0 Å². The number of fused-ring (bicyclic) bond motifs is 4. The van der Waals surface area contributed by atoms with Crippen molar-refractivity contribution in [2.45, 2.75) is 51.4 Å². The molecule has 4 nitrogen and oxygen atoms in total. The van der Waals surface area contributed by atoms with Crippen LogP contribution in [0.25, 0.3) is 0 Å². The fraction of sp³-hybridized carbons (Fsp3) is 0.900. The molecule has 5 rings (SSSR count). The zero-order valence-corrected chi connectivity index (χ0v) is 14.7. The summed E-state index contributed by atoms with van der Waals surface area (Å²) in [6.45, 7) is 3.05. The molecule has 0 aromatic rings. The Balaban J connectivity index is 1.16. The number of nitrogens with zero attached hydrogens (tertiary/aromatic N) is 2. The Hall–Kier alpha value is -1.06. The highest BCUT2D eigenvalue weighted by atomic mass is 16.2. The van der Waals surface area contributed by atoms with Gasteiger partial charge in [-0.25, -0.2) is 0 Å². The summed E-state index contributed by atoms with van der Waals surface area (Å²) in [5.41, 5.74) is 0. The zero-order chi connectivity index (χ0) is 16.3. The predicted molar refractivity (Wildman–Crippen MR) is 91.0 cm³/mol. The molecule has 0 spiro atoms. The minimum absolute atomic E-state index is 0.302. The van der Waals surface area contributed by atoms with Crippen molar-refractivity contribution >= 4 is 11.8 Å². The lowest BCUT2D eigenvalue weighted by atomic mass is 9.87. The molecule has 4 saturated carbocycles. The van der Waals surface area contributed by atoms with E-state index < -0.39 is 0 Å². The Bertz CT molecular complexity index is 492. The second kappa shape index (κ2) is 5.74. The van der Waals surface area contributed by atoms with Gasteiger partial charge in [-0.15, -0.1) is 0 Å². The quantitative estimate of drug-likeness (QED) is 0.781. The van der Waals surface area contributed by atoms with Gasteiger partial charge in [-0.3, -0.25) is 9.59 Å². The van der Waals surface area contributed by atoms with E-state index >= 15 is 0 Å². The van der Waals surface area contributed by atoms with Gasteiger partial charge in [0.15, 0.2) is 0 Å². The molecule has 4 bridgehead atoms. The molecular formula is C20H30N2O2. The van der Waals surface area contributed by atoms with Gasteiger partial charge in [0, 0.05) is 38.0 Å². The highest BCUT2D eigenvalue weighted by molar-refractivity contribution is 5.82. The molecule has 1 heterocycles. The van der Waals surface area contributed by atoms with E-state index in [1.165, 1.54) is 38.5 Å². The van der Waals surface area contributed by atoms with Crippen LogP contribution in [0.1, 0.15) is 51.4 Å². The van der Waals surface area contributed by atoms with E-state index in [4.69, 9.17) is 0 Å². The van der Waals surface area contributed by atoms with Crippen molar-refractivity contribution < 1.29 is 9.59 Å². The Morgan fingerprint density at radius 2 is 1.00 bits per heavy atom. The minimum Gasteiger partial charge on any atom is -0.339 e. The first-order valence-corrected chi connectivity index (χ1v) is 10.3. The molecule has 2 amide bonds. The largest absolute Gasteiger partial charge is 0.339 e. The maximum atomic E-state index is 12.8. The van der Waals surface area contributed by atoms with Crippen LogP contribution in [0.2, 0.25) is 0 Å². The van der Waals surface area contributed by atoms with E-state index in [9.17, 15) is 9.59 Å². The maximum Gasteiger partial charge on any atom is 0.226 e. The van der Waals surface area contributed by atoms with Crippen molar-refractivity contribution in [2.24, 2.45) is 35.5 Å². The first-order valence-electron chi connectivity index (χ1n) is 10.3. The molecule has 0 unspecified atom stereocenters. The lowest BCUT2D eigenvalue weighted by Crippen LogP contribution is -2.53. The van der Waals surface area contributed by atoms with Crippen LogP contribution in [-0.4, -0.2) is 47.8 Å². The number of carbonyl (C=O) groups is 2. The van der Waals surface area contributed by atoms with Crippen LogP contribution in [0.5, 0.6) is 0 Å². The van der Waals surface area contributed by atoms with Crippen LogP contribution in [0.15, 0.2) is 0 Å². The highest BCUT2D eigenvalue weighted by Gasteiger charge is 2.46. The Kier molecular flexibility index (Phi) is 3.64. The number of carbonyl (C=O) groups excluding carboxylic acids is 2. The predicted octanol–water partition coefficient (Wildman–Crippen LogP) is 2.53. The van der Waals surface area contributed by atoms with Gasteiger partial charge in [-0.2, -0.15) is 0 Å². The normalized spacial score (nSPS) is 43.7. The monoisotopic (exact) mass is 330 g/mol. The number of hydrogen-bond acceptors (Lipinski definition) is 2. The van der Waals surface area contributed by atoms with E-state index in [0.29, 0.717) is 35.5 Å². The first-order chi connectivity index (χ1) is 11.7. The van der Waals surface area contributed by atoms with Gasteiger partial charge in [0.05, 0.1) is 0 Å². The summed E-state index contributed by atoms with van der Waals surface area (Å²) in [4.78, 5) is 29.8. The van der Waals surface area contributed by atoms with Crippen molar-refractivity contribution in [3.8, 4) is 0 Å². The number of piperazine rings is 1. The molecule has 4 heteroatoms. The van der Waals surface area contributed by atoms with Crippen LogP contribution in [0.4, 0.5) is 0 Å². The van der Waals surface area contributed by atoms with Gasteiger partial charge in [-0.05, 0) is 62.2 Å². The second-order valence-electron chi connectivity index (χ2n) is 9.21. The molecule has 4 aliphatic carbocycles. The van der Waals surface area contributed by atoms with Crippen molar-refractivity contribution in [1.82, 2.24) is 9.80 Å². The van der Waals surface area contributed by atoms with E-state index in [2.05, 4.69) is 9.80 Å². The number of rotatable bonds is 2. The molecule has 24 heavy (non-hydrogen) atoms. The zero-order valence-electron chi connectivity index (χ0n) is 14.7. The van der Waals surface area contributed by atoms with Crippen molar-refractivity contribution in [3.05, 3.63) is 0 Å². The van der Waals surface area contributed by atoms with Crippen LogP contribution >= 0.6 is 0 Å². The van der Waals surface area contributed by atoms with Gasteiger partial charge in [0.2, 0.25) is 11.8 Å². The summed E-state index contributed by atoms with van der Waals surface area (Å²) >= 11 is 0. The van der Waals surface area contributed by atoms with Gasteiger partial charge in [-0.1, -0.05) is 12.8 Å². The lowest BCUT2D eigenvalue weighted by Gasteiger charge is -2.39. The third kappa shape index (κ3) is 2.40. The van der Waals surface area contributed by atoms with Crippen LogP contribution < -0.4 is 0 Å². The third-order valence-corrected chi connectivity index (χ3v) is 8.01. The molecule has 0 aromatic heterocycles. The van der Waals surface area contributed by atoms with Gasteiger partial charge < -0.3 is 9.80 Å². The summed E-state index contributed by atoms with van der Waals surface area (Å²) < 4.78 is 0. The van der Waals surface area contributed by atoms with E-state index in [-0.39, 0.29) is 0 Å². The molecule has 0 radical (unpaired) electrons. The SMILES string of the molecule is O=C([C@@H]1C[C@@H]2CC[C@@H]1C2)N1CCN(C(=O)[C@@H]2C[C@H]3CC[C@@H]2C3)CC1. The molecule has 0 N–H and O–H groups in total. The fourth-order valence-electron chi connectivity index (χ4n) is 6.71. The molecule has 6 atom stereocenters. The summed E-state index contributed by atoms with van der Waals surface area (Å²) in [5, 5.41) is 0.